The molecule has 0 unspecified atom stereocenters. The summed E-state index contributed by atoms with van der Waals surface area (Å²) in [5.74, 6) is 0. The molecule has 0 atom stereocenters. The summed E-state index contributed by atoms with van der Waals surface area (Å²) in [6, 6.07) is 38.8. The molecule has 0 bridgehead atoms. The summed E-state index contributed by atoms with van der Waals surface area (Å²) in [6.45, 7) is 19.0. The highest BCUT2D eigenvalue weighted by molar-refractivity contribution is 6.90. The van der Waals surface area contributed by atoms with Gasteiger partial charge in [0.05, 0.1) is 5.52 Å². The van der Waals surface area contributed by atoms with E-state index in [1.165, 1.54) is 85.1 Å². The number of rotatable bonds is 1. The van der Waals surface area contributed by atoms with Crippen LogP contribution in [-0.2, 0) is 22.7 Å². The molecule has 12 rings (SSSR count). The molecule has 4 nitrogen and oxygen atoms in total. The molecule has 0 fully saturated rings. The number of anilines is 3. The molecular weight excluding hydrogens is 695 g/mol. The van der Waals surface area contributed by atoms with E-state index in [1.807, 2.05) is 0 Å². The lowest BCUT2D eigenvalue weighted by atomic mass is 9.46. The molecule has 5 heterocycles. The average molecular weight is 743 g/mol. The molecule has 0 saturated heterocycles. The quantitative estimate of drug-likeness (QED) is 0.157. The number of fused-ring (bicyclic) bond motifs is 13. The Bertz CT molecular complexity index is 3240. The molecule has 2 aliphatic heterocycles. The second-order valence-electron chi connectivity index (χ2n) is 19.6. The Morgan fingerprint density at radius 1 is 0.579 bits per heavy atom. The Balaban J connectivity index is 1.29. The Morgan fingerprint density at radius 2 is 1.25 bits per heavy atom. The van der Waals surface area contributed by atoms with Crippen molar-refractivity contribution < 1.29 is 8.83 Å². The van der Waals surface area contributed by atoms with E-state index in [1.54, 1.807) is 0 Å². The number of furan rings is 2. The van der Waals surface area contributed by atoms with Crippen molar-refractivity contribution in [3.63, 3.8) is 0 Å². The number of aryl methyl sites for hydroxylation is 1. The summed E-state index contributed by atoms with van der Waals surface area (Å²) in [4.78, 5) is 2.63. The standard InChI is InChI=1S/C52H47BN2O2/c1-29-24-37-38(52(7,8)23-22-51(37,5)6)28-40(29)54-39-21-20-34-33-15-9-11-18-42(33)56-48(34)45(39)53-44-31(26-32(27-41(44)54)50(2,3)4)25-30-14-13-17-36-46(30)55(53)47-35-16-10-12-19-43(35)57-49(36)47/h9-21,24,26-28H,22-23,25H2,1-8H3. The van der Waals surface area contributed by atoms with E-state index in [0.717, 1.165) is 50.4 Å². The van der Waals surface area contributed by atoms with Crippen LogP contribution in [0, 0.1) is 6.92 Å². The smallest absolute Gasteiger partial charge is 0.336 e. The van der Waals surface area contributed by atoms with Crippen LogP contribution in [0.2, 0.25) is 0 Å². The average Bonchev–Trinajstić information content (AvgIpc) is 3.82. The van der Waals surface area contributed by atoms with Gasteiger partial charge in [-0.2, -0.15) is 0 Å². The first-order valence-electron chi connectivity index (χ1n) is 20.8. The number of para-hydroxylation sites is 3. The fourth-order valence-electron chi connectivity index (χ4n) is 11.0. The van der Waals surface area contributed by atoms with Gasteiger partial charge < -0.3 is 18.2 Å². The second-order valence-corrected chi connectivity index (χ2v) is 19.6. The Labute approximate surface area is 334 Å². The van der Waals surface area contributed by atoms with Crippen molar-refractivity contribution in [1.82, 2.24) is 4.48 Å². The van der Waals surface area contributed by atoms with E-state index in [4.69, 9.17) is 8.83 Å². The highest BCUT2D eigenvalue weighted by Crippen LogP contribution is 2.51. The van der Waals surface area contributed by atoms with Gasteiger partial charge in [-0.25, -0.2) is 0 Å². The highest BCUT2D eigenvalue weighted by Gasteiger charge is 2.46. The second kappa shape index (κ2) is 10.8. The lowest BCUT2D eigenvalue weighted by molar-refractivity contribution is 0.332. The normalized spacial score (nSPS) is 16.8. The first kappa shape index (κ1) is 33.5. The van der Waals surface area contributed by atoms with Crippen LogP contribution in [-0.4, -0.2) is 11.3 Å². The van der Waals surface area contributed by atoms with Gasteiger partial charge in [-0.15, -0.1) is 0 Å². The Morgan fingerprint density at radius 3 is 2.00 bits per heavy atom. The molecule has 0 radical (unpaired) electrons. The van der Waals surface area contributed by atoms with Crippen LogP contribution in [0.3, 0.4) is 0 Å². The summed E-state index contributed by atoms with van der Waals surface area (Å²) in [7, 11) is 0. The van der Waals surface area contributed by atoms with Gasteiger partial charge in [0.2, 0.25) is 0 Å². The fourth-order valence-corrected chi connectivity index (χ4v) is 11.0. The first-order valence-corrected chi connectivity index (χ1v) is 20.8. The Kier molecular flexibility index (Phi) is 6.36. The van der Waals surface area contributed by atoms with Crippen molar-refractivity contribution in [1.29, 1.82) is 0 Å². The Hall–Kier alpha value is -5.68. The van der Waals surface area contributed by atoms with Crippen LogP contribution < -0.4 is 15.8 Å². The van der Waals surface area contributed by atoms with Crippen LogP contribution in [0.4, 0.5) is 17.1 Å². The summed E-state index contributed by atoms with van der Waals surface area (Å²) in [5.41, 5.74) is 20.8. The third kappa shape index (κ3) is 4.35. The van der Waals surface area contributed by atoms with E-state index in [-0.39, 0.29) is 23.1 Å². The summed E-state index contributed by atoms with van der Waals surface area (Å²) in [5, 5.41) is 4.61. The van der Waals surface area contributed by atoms with Gasteiger partial charge in [0, 0.05) is 49.6 Å². The molecular formula is C52H47BN2O2. The minimum absolute atomic E-state index is 0.0613. The maximum atomic E-state index is 7.12. The minimum atomic E-state index is -0.169. The van der Waals surface area contributed by atoms with E-state index in [2.05, 4.69) is 168 Å². The first-order chi connectivity index (χ1) is 27.3. The van der Waals surface area contributed by atoms with Crippen molar-refractivity contribution >= 4 is 89.7 Å². The third-order valence-electron chi connectivity index (χ3n) is 14.2. The van der Waals surface area contributed by atoms with Crippen molar-refractivity contribution in [3.8, 4) is 0 Å². The van der Waals surface area contributed by atoms with Crippen molar-refractivity contribution in [2.24, 2.45) is 0 Å². The molecule has 0 amide bonds. The lowest BCUT2D eigenvalue weighted by Crippen LogP contribution is -2.56. The van der Waals surface area contributed by atoms with Crippen molar-refractivity contribution in [2.75, 3.05) is 4.90 Å². The number of hydrogen-bond donors (Lipinski definition) is 0. The van der Waals surface area contributed by atoms with Crippen LogP contribution in [0.1, 0.15) is 94.7 Å². The van der Waals surface area contributed by atoms with E-state index >= 15 is 0 Å². The molecule has 0 spiro atoms. The zero-order valence-corrected chi connectivity index (χ0v) is 34.2. The SMILES string of the molecule is Cc1cc2c(cc1N1c3cc(C(C)(C)C)cc4c3B(c3c1ccc1c3oc3ccccc31)n1c3c(cccc3c3oc5ccccc5c31)C4)C(C)(C)CCC2(C)C. The maximum Gasteiger partial charge on any atom is 0.336 e. The van der Waals surface area contributed by atoms with Crippen LogP contribution in [0.15, 0.2) is 112 Å². The van der Waals surface area contributed by atoms with Crippen LogP contribution >= 0.6 is 0 Å². The van der Waals surface area contributed by atoms with E-state index < -0.39 is 0 Å². The van der Waals surface area contributed by atoms with Crippen molar-refractivity contribution in [2.45, 2.75) is 90.9 Å². The molecule has 0 N–H and O–H groups in total. The van der Waals surface area contributed by atoms with Gasteiger partial charge in [-0.3, -0.25) is 0 Å². The van der Waals surface area contributed by atoms with Gasteiger partial charge in [-0.05, 0) is 130 Å². The van der Waals surface area contributed by atoms with Gasteiger partial charge in [0.1, 0.15) is 16.7 Å². The zero-order valence-electron chi connectivity index (χ0n) is 34.2. The van der Waals surface area contributed by atoms with E-state index in [9.17, 15) is 0 Å². The van der Waals surface area contributed by atoms with Gasteiger partial charge in [-0.1, -0.05) is 103 Å². The number of hydrogen-bond acceptors (Lipinski definition) is 3. The maximum absolute atomic E-state index is 7.12. The van der Waals surface area contributed by atoms with Gasteiger partial charge in [0.15, 0.2) is 5.58 Å². The predicted molar refractivity (Wildman–Crippen MR) is 240 cm³/mol. The highest BCUT2D eigenvalue weighted by atomic mass is 16.3. The summed E-state index contributed by atoms with van der Waals surface area (Å²) in [6.07, 6.45) is 3.18. The largest absolute Gasteiger partial charge is 0.456 e. The molecule has 6 aromatic carbocycles. The molecule has 280 valence electrons. The van der Waals surface area contributed by atoms with E-state index in [0.29, 0.717) is 0 Å². The molecule has 9 aromatic rings. The zero-order chi connectivity index (χ0) is 38.9. The monoisotopic (exact) mass is 742 g/mol. The number of aromatic nitrogens is 1. The minimum Gasteiger partial charge on any atom is -0.456 e. The van der Waals surface area contributed by atoms with Crippen LogP contribution in [0.5, 0.6) is 0 Å². The van der Waals surface area contributed by atoms with Gasteiger partial charge >= 0.3 is 6.85 Å². The molecule has 0 saturated carbocycles. The van der Waals surface area contributed by atoms with Crippen molar-refractivity contribution in [3.05, 3.63) is 137 Å². The van der Waals surface area contributed by atoms with Gasteiger partial charge in [0.25, 0.3) is 0 Å². The molecule has 5 heteroatoms. The number of benzene rings is 6. The molecule has 3 aromatic heterocycles. The predicted octanol–water partition coefficient (Wildman–Crippen LogP) is 12.7. The lowest BCUT2D eigenvalue weighted by Gasteiger charge is -2.44. The molecule has 3 aliphatic rings. The molecule has 1 aliphatic carbocycles. The number of nitrogens with zero attached hydrogens (tertiary/aromatic N) is 2. The van der Waals surface area contributed by atoms with Crippen LogP contribution in [0.25, 0.3) is 54.9 Å². The summed E-state index contributed by atoms with van der Waals surface area (Å²) >= 11 is 0. The third-order valence-corrected chi connectivity index (χ3v) is 14.2. The fraction of sp³-hybridized carbons (Fsp3) is 0.269. The topological polar surface area (TPSA) is 34.5 Å². The summed E-state index contributed by atoms with van der Waals surface area (Å²) < 4.78 is 16.6. The molecule has 57 heavy (non-hydrogen) atoms.